The zero-order valence-corrected chi connectivity index (χ0v) is 18.3. The fourth-order valence-electron chi connectivity index (χ4n) is 3.28. The van der Waals surface area contributed by atoms with E-state index in [0.717, 1.165) is 18.5 Å². The summed E-state index contributed by atoms with van der Waals surface area (Å²) in [6.07, 6.45) is 4.65. The average molecular weight is 433 g/mol. The average Bonchev–Trinajstić information content (AvgIpc) is 3.49. The van der Waals surface area contributed by atoms with Crippen molar-refractivity contribution in [3.05, 3.63) is 53.3 Å². The number of hydrogen-bond donors (Lipinski definition) is 1. The fraction of sp³-hybridized carbons (Fsp3) is 0.455. The zero-order chi connectivity index (χ0) is 21.5. The van der Waals surface area contributed by atoms with Crippen LogP contribution in [0.1, 0.15) is 25.0 Å². The fourth-order valence-corrected chi connectivity index (χ4v) is 3.41. The third kappa shape index (κ3) is 6.24. The summed E-state index contributed by atoms with van der Waals surface area (Å²) < 4.78 is 7.14. The Labute approximate surface area is 182 Å². The van der Waals surface area contributed by atoms with E-state index in [1.807, 2.05) is 34.8 Å². The normalized spacial score (nSPS) is 13.2. The van der Waals surface area contributed by atoms with Gasteiger partial charge < -0.3 is 24.4 Å². The second-order valence-corrected chi connectivity index (χ2v) is 8.00. The van der Waals surface area contributed by atoms with Gasteiger partial charge in [0.05, 0.1) is 6.54 Å². The number of urea groups is 1. The summed E-state index contributed by atoms with van der Waals surface area (Å²) in [6, 6.07) is 10.8. The highest BCUT2D eigenvalue weighted by Crippen LogP contribution is 2.28. The Morgan fingerprint density at radius 1 is 1.23 bits per heavy atom. The topological polar surface area (TPSA) is 66.8 Å². The summed E-state index contributed by atoms with van der Waals surface area (Å²) in [5.74, 6) is -0.0395. The van der Waals surface area contributed by atoms with Crippen LogP contribution in [-0.4, -0.2) is 59.2 Å². The largest absolute Gasteiger partial charge is 0.385 e. The summed E-state index contributed by atoms with van der Waals surface area (Å²) in [7, 11) is 3.60. The molecule has 1 aromatic heterocycles. The van der Waals surface area contributed by atoms with Crippen molar-refractivity contribution < 1.29 is 14.3 Å². The van der Waals surface area contributed by atoms with Crippen molar-refractivity contribution in [3.8, 4) is 0 Å². The molecule has 30 heavy (non-hydrogen) atoms. The molecule has 3 amide bonds. The maximum absolute atomic E-state index is 13.2. The number of ether oxygens (including phenoxy) is 1. The monoisotopic (exact) mass is 432 g/mol. The van der Waals surface area contributed by atoms with Gasteiger partial charge in [-0.25, -0.2) is 4.79 Å². The third-order valence-electron chi connectivity index (χ3n) is 5.18. The summed E-state index contributed by atoms with van der Waals surface area (Å²) in [5.41, 5.74) is 1.71. The number of anilines is 1. The standard InChI is InChI=1S/C22H29ClN4O3/c1-25-12-3-5-20(25)15-27(19-10-11-19)21(28)16-26(13-4-14-30-2)22(29)24-18-8-6-17(23)7-9-18/h3,5-9,12,19H,4,10-11,13-16H2,1-2H3,(H,24,29). The molecule has 0 unspecified atom stereocenters. The number of carbonyl (C=O) groups is 2. The number of nitrogens with one attached hydrogen (secondary N) is 1. The van der Waals surface area contributed by atoms with Crippen molar-refractivity contribution in [3.63, 3.8) is 0 Å². The first-order valence-electron chi connectivity index (χ1n) is 10.2. The van der Waals surface area contributed by atoms with Gasteiger partial charge in [-0.3, -0.25) is 4.79 Å². The van der Waals surface area contributed by atoms with Gasteiger partial charge in [-0.2, -0.15) is 0 Å². The highest BCUT2D eigenvalue weighted by atomic mass is 35.5. The number of methoxy groups -OCH3 is 1. The van der Waals surface area contributed by atoms with Crippen LogP contribution in [0.4, 0.5) is 10.5 Å². The van der Waals surface area contributed by atoms with E-state index in [1.165, 1.54) is 0 Å². The Bertz CT molecular complexity index is 848. The Morgan fingerprint density at radius 2 is 1.97 bits per heavy atom. The predicted molar refractivity (Wildman–Crippen MR) is 118 cm³/mol. The van der Waals surface area contributed by atoms with E-state index < -0.39 is 0 Å². The molecule has 0 saturated heterocycles. The molecule has 0 aliphatic heterocycles. The lowest BCUT2D eigenvalue weighted by Gasteiger charge is -2.28. The molecular weight excluding hydrogens is 404 g/mol. The van der Waals surface area contributed by atoms with Crippen molar-refractivity contribution in [2.75, 3.05) is 32.1 Å². The molecule has 1 aliphatic carbocycles. The van der Waals surface area contributed by atoms with Crippen LogP contribution in [-0.2, 0) is 23.1 Å². The number of aryl methyl sites for hydroxylation is 1. The van der Waals surface area contributed by atoms with Gasteiger partial charge >= 0.3 is 6.03 Å². The first-order valence-corrected chi connectivity index (χ1v) is 10.6. The number of halogens is 1. The molecule has 8 heteroatoms. The van der Waals surface area contributed by atoms with E-state index in [2.05, 4.69) is 5.32 Å². The Balaban J connectivity index is 1.67. The van der Waals surface area contributed by atoms with Gasteiger partial charge in [0, 0.05) is 56.0 Å². The van der Waals surface area contributed by atoms with Crippen LogP contribution >= 0.6 is 11.6 Å². The SMILES string of the molecule is COCCCN(CC(=O)N(Cc1cccn1C)C1CC1)C(=O)Nc1ccc(Cl)cc1. The highest BCUT2D eigenvalue weighted by molar-refractivity contribution is 6.30. The van der Waals surface area contributed by atoms with Crippen LogP contribution in [0.2, 0.25) is 5.02 Å². The quantitative estimate of drug-likeness (QED) is 0.581. The number of hydrogen-bond acceptors (Lipinski definition) is 3. The first kappa shape index (κ1) is 22.2. The Hall–Kier alpha value is -2.51. The van der Waals surface area contributed by atoms with Crippen molar-refractivity contribution >= 4 is 29.2 Å². The minimum absolute atomic E-state index is 0.0318. The van der Waals surface area contributed by atoms with Crippen molar-refractivity contribution in [1.82, 2.24) is 14.4 Å². The molecule has 1 fully saturated rings. The molecule has 1 saturated carbocycles. The molecule has 1 heterocycles. The molecule has 1 aromatic carbocycles. The lowest BCUT2D eigenvalue weighted by atomic mass is 10.3. The number of rotatable bonds is 10. The summed E-state index contributed by atoms with van der Waals surface area (Å²) in [6.45, 7) is 1.54. The number of aromatic nitrogens is 1. The van der Waals surface area contributed by atoms with Crippen LogP contribution in [0, 0.1) is 0 Å². The second kappa shape index (κ2) is 10.5. The zero-order valence-electron chi connectivity index (χ0n) is 17.5. The van der Waals surface area contributed by atoms with Crippen LogP contribution in [0.15, 0.2) is 42.6 Å². The van der Waals surface area contributed by atoms with Gasteiger partial charge in [0.25, 0.3) is 0 Å². The smallest absolute Gasteiger partial charge is 0.322 e. The Kier molecular flexibility index (Phi) is 7.76. The van der Waals surface area contributed by atoms with Gasteiger partial charge in [-0.15, -0.1) is 0 Å². The maximum atomic E-state index is 13.2. The predicted octanol–water partition coefficient (Wildman–Crippen LogP) is 3.74. The van der Waals surface area contributed by atoms with Crippen LogP contribution in [0.3, 0.4) is 0 Å². The molecule has 7 nitrogen and oxygen atoms in total. The van der Waals surface area contributed by atoms with Crippen molar-refractivity contribution in [2.45, 2.75) is 31.8 Å². The highest BCUT2D eigenvalue weighted by Gasteiger charge is 2.34. The van der Waals surface area contributed by atoms with Gasteiger partial charge in [-0.05, 0) is 55.7 Å². The third-order valence-corrected chi connectivity index (χ3v) is 5.43. The molecule has 0 spiro atoms. The van der Waals surface area contributed by atoms with Crippen LogP contribution < -0.4 is 5.32 Å². The maximum Gasteiger partial charge on any atom is 0.322 e. The number of nitrogens with zero attached hydrogens (tertiary/aromatic N) is 3. The Morgan fingerprint density at radius 3 is 2.57 bits per heavy atom. The van der Waals surface area contributed by atoms with Crippen LogP contribution in [0.25, 0.3) is 0 Å². The lowest BCUT2D eigenvalue weighted by molar-refractivity contribution is -0.133. The van der Waals surface area contributed by atoms with Crippen molar-refractivity contribution in [1.29, 1.82) is 0 Å². The summed E-state index contributed by atoms with van der Waals surface area (Å²) in [4.78, 5) is 29.5. The van der Waals surface area contributed by atoms with Crippen molar-refractivity contribution in [2.24, 2.45) is 7.05 Å². The number of amides is 3. The second-order valence-electron chi connectivity index (χ2n) is 7.57. The molecule has 3 rings (SSSR count). The van der Waals surface area contributed by atoms with Gasteiger partial charge in [-0.1, -0.05) is 11.6 Å². The van der Waals surface area contributed by atoms with E-state index in [0.29, 0.717) is 36.8 Å². The molecular formula is C22H29ClN4O3. The molecule has 0 bridgehead atoms. The molecule has 1 aliphatic rings. The van der Waals surface area contributed by atoms with E-state index >= 15 is 0 Å². The van der Waals surface area contributed by atoms with Gasteiger partial charge in [0.1, 0.15) is 6.54 Å². The van der Waals surface area contributed by atoms with E-state index in [-0.39, 0.29) is 24.5 Å². The minimum atomic E-state index is -0.309. The van der Waals surface area contributed by atoms with Gasteiger partial charge in [0.15, 0.2) is 0 Å². The van der Waals surface area contributed by atoms with Gasteiger partial charge in [0.2, 0.25) is 5.91 Å². The molecule has 2 aromatic rings. The molecule has 0 radical (unpaired) electrons. The minimum Gasteiger partial charge on any atom is -0.385 e. The van der Waals surface area contributed by atoms with E-state index in [4.69, 9.17) is 16.3 Å². The van der Waals surface area contributed by atoms with E-state index in [1.54, 1.807) is 36.3 Å². The molecule has 0 atom stereocenters. The lowest BCUT2D eigenvalue weighted by Crippen LogP contribution is -2.45. The number of benzene rings is 1. The van der Waals surface area contributed by atoms with Crippen LogP contribution in [0.5, 0.6) is 0 Å². The first-order chi connectivity index (χ1) is 14.5. The molecule has 1 N–H and O–H groups in total. The summed E-state index contributed by atoms with van der Waals surface area (Å²) in [5, 5.41) is 3.45. The summed E-state index contributed by atoms with van der Waals surface area (Å²) >= 11 is 5.91. The van der Waals surface area contributed by atoms with E-state index in [9.17, 15) is 9.59 Å². The number of carbonyl (C=O) groups excluding carboxylic acids is 2. The molecule has 162 valence electrons.